The highest BCUT2D eigenvalue weighted by molar-refractivity contribution is 5.23. The van der Waals surface area contributed by atoms with Gasteiger partial charge < -0.3 is 4.74 Å². The van der Waals surface area contributed by atoms with Gasteiger partial charge in [-0.05, 0) is 12.1 Å². The average Bonchev–Trinajstić information content (AvgIpc) is 2.06. The minimum atomic E-state index is -4.27. The highest BCUT2D eigenvalue weighted by atomic mass is 19.4. The molecule has 0 atom stereocenters. The number of ether oxygens (including phenoxy) is 1. The summed E-state index contributed by atoms with van der Waals surface area (Å²) in [6.07, 6.45) is -5.35. The molecule has 0 aliphatic heterocycles. The van der Waals surface area contributed by atoms with Crippen LogP contribution >= 0.6 is 0 Å². The van der Waals surface area contributed by atoms with Crippen LogP contribution in [0, 0.1) is 5.82 Å². The first-order valence-corrected chi connectivity index (χ1v) is 3.93. The van der Waals surface area contributed by atoms with E-state index in [1.54, 1.807) is 0 Å². The van der Waals surface area contributed by atoms with E-state index in [0.29, 0.717) is 0 Å². The molecule has 0 spiro atoms. The van der Waals surface area contributed by atoms with Gasteiger partial charge in [-0.2, -0.15) is 13.2 Å². The summed E-state index contributed by atoms with van der Waals surface area (Å²) < 4.78 is 52.5. The summed E-state index contributed by atoms with van der Waals surface area (Å²) in [5, 5.41) is 0. The Bertz CT molecular complexity index is 295. The lowest BCUT2D eigenvalue weighted by molar-refractivity contribution is -0.139. The first kappa shape index (κ1) is 10.8. The predicted molar refractivity (Wildman–Crippen MR) is 42.6 cm³/mol. The molecule has 14 heavy (non-hydrogen) atoms. The smallest absolute Gasteiger partial charge is 0.392 e. The molecule has 1 aromatic rings. The second kappa shape index (κ2) is 4.30. The lowest BCUT2D eigenvalue weighted by Crippen LogP contribution is -2.13. The zero-order valence-electron chi connectivity index (χ0n) is 7.14. The maximum atomic E-state index is 12.8. The van der Waals surface area contributed by atoms with Crippen LogP contribution < -0.4 is 4.74 Å². The standard InChI is InChI=1S/C9H8F4O/c10-7-3-1-2-4-8(7)14-6-5-9(11,12)13/h1-4H,5-6H2. The number of halogens is 4. The van der Waals surface area contributed by atoms with Crippen molar-refractivity contribution in [3.05, 3.63) is 30.1 Å². The van der Waals surface area contributed by atoms with Crippen molar-refractivity contribution in [3.63, 3.8) is 0 Å². The van der Waals surface area contributed by atoms with Gasteiger partial charge in [-0.1, -0.05) is 12.1 Å². The van der Waals surface area contributed by atoms with E-state index in [9.17, 15) is 17.6 Å². The number of rotatable bonds is 3. The van der Waals surface area contributed by atoms with E-state index in [2.05, 4.69) is 4.74 Å². The van der Waals surface area contributed by atoms with Crippen LogP contribution in [0.1, 0.15) is 6.42 Å². The molecule has 78 valence electrons. The van der Waals surface area contributed by atoms with Crippen molar-refractivity contribution in [2.75, 3.05) is 6.61 Å². The maximum absolute atomic E-state index is 12.8. The molecule has 0 aromatic heterocycles. The summed E-state index contributed by atoms with van der Waals surface area (Å²) in [4.78, 5) is 0. The summed E-state index contributed by atoms with van der Waals surface area (Å²) >= 11 is 0. The summed E-state index contributed by atoms with van der Waals surface area (Å²) in [5.41, 5.74) is 0. The Morgan fingerprint density at radius 2 is 1.79 bits per heavy atom. The minimum Gasteiger partial charge on any atom is -0.490 e. The fourth-order valence-electron chi connectivity index (χ4n) is 0.839. The Kier molecular flexibility index (Phi) is 3.33. The molecular weight excluding hydrogens is 200 g/mol. The lowest BCUT2D eigenvalue weighted by Gasteiger charge is -2.08. The molecule has 1 nitrogen and oxygen atoms in total. The summed E-state index contributed by atoms with van der Waals surface area (Å²) in [6.45, 7) is -0.565. The van der Waals surface area contributed by atoms with Crippen LogP contribution in [0.15, 0.2) is 24.3 Å². The number of alkyl halides is 3. The van der Waals surface area contributed by atoms with E-state index in [1.165, 1.54) is 18.2 Å². The van der Waals surface area contributed by atoms with Gasteiger partial charge in [0.1, 0.15) is 0 Å². The highest BCUT2D eigenvalue weighted by Gasteiger charge is 2.26. The van der Waals surface area contributed by atoms with Gasteiger partial charge in [0.2, 0.25) is 0 Å². The van der Waals surface area contributed by atoms with Gasteiger partial charge in [0.25, 0.3) is 0 Å². The third kappa shape index (κ3) is 3.64. The molecule has 0 bridgehead atoms. The Balaban J connectivity index is 2.43. The molecule has 1 rings (SSSR count). The molecule has 0 unspecified atom stereocenters. The van der Waals surface area contributed by atoms with E-state index in [4.69, 9.17) is 0 Å². The van der Waals surface area contributed by atoms with Crippen molar-refractivity contribution >= 4 is 0 Å². The van der Waals surface area contributed by atoms with Crippen molar-refractivity contribution < 1.29 is 22.3 Å². The third-order valence-corrected chi connectivity index (χ3v) is 1.48. The van der Waals surface area contributed by atoms with Crippen molar-refractivity contribution in [3.8, 4) is 5.75 Å². The molecule has 0 heterocycles. The normalized spacial score (nSPS) is 11.4. The molecule has 0 aliphatic rings. The number of hydrogen-bond acceptors (Lipinski definition) is 1. The van der Waals surface area contributed by atoms with Crippen LogP contribution in [0.5, 0.6) is 5.75 Å². The van der Waals surface area contributed by atoms with Crippen molar-refractivity contribution in [1.29, 1.82) is 0 Å². The highest BCUT2D eigenvalue weighted by Crippen LogP contribution is 2.21. The summed E-state index contributed by atoms with van der Waals surface area (Å²) in [5.74, 6) is -0.813. The number of para-hydroxylation sites is 1. The first-order valence-electron chi connectivity index (χ1n) is 3.93. The van der Waals surface area contributed by atoms with Crippen LogP contribution in [-0.2, 0) is 0 Å². The second-order valence-corrected chi connectivity index (χ2v) is 2.64. The average molecular weight is 208 g/mol. The van der Waals surface area contributed by atoms with Gasteiger partial charge in [0.15, 0.2) is 11.6 Å². The SMILES string of the molecule is Fc1ccccc1OCCC(F)(F)F. The zero-order valence-corrected chi connectivity index (χ0v) is 7.14. The molecule has 1 aromatic carbocycles. The Hall–Kier alpha value is -1.26. The van der Waals surface area contributed by atoms with Crippen LogP contribution in [0.4, 0.5) is 17.6 Å². The van der Waals surface area contributed by atoms with Gasteiger partial charge in [-0.15, -0.1) is 0 Å². The Morgan fingerprint density at radius 1 is 1.14 bits per heavy atom. The molecule has 5 heteroatoms. The molecule has 0 amide bonds. The van der Waals surface area contributed by atoms with Gasteiger partial charge >= 0.3 is 6.18 Å². The van der Waals surface area contributed by atoms with Crippen LogP contribution in [0.3, 0.4) is 0 Å². The zero-order chi connectivity index (χ0) is 10.6. The van der Waals surface area contributed by atoms with E-state index in [-0.39, 0.29) is 5.75 Å². The molecular formula is C9H8F4O. The Labute approximate surface area is 78.3 Å². The van der Waals surface area contributed by atoms with E-state index >= 15 is 0 Å². The van der Waals surface area contributed by atoms with Crippen LogP contribution in [0.2, 0.25) is 0 Å². The lowest BCUT2D eigenvalue weighted by atomic mass is 10.3. The van der Waals surface area contributed by atoms with Gasteiger partial charge in [-0.25, -0.2) is 4.39 Å². The van der Waals surface area contributed by atoms with E-state index < -0.39 is 25.0 Å². The first-order chi connectivity index (χ1) is 6.49. The fraction of sp³-hybridized carbons (Fsp3) is 0.333. The van der Waals surface area contributed by atoms with Gasteiger partial charge in [0.05, 0.1) is 13.0 Å². The van der Waals surface area contributed by atoms with E-state index in [1.807, 2.05) is 0 Å². The van der Waals surface area contributed by atoms with E-state index in [0.717, 1.165) is 6.07 Å². The van der Waals surface area contributed by atoms with Crippen molar-refractivity contribution in [2.24, 2.45) is 0 Å². The summed E-state index contributed by atoms with van der Waals surface area (Å²) in [7, 11) is 0. The summed E-state index contributed by atoms with van der Waals surface area (Å²) in [6, 6.07) is 5.34. The Morgan fingerprint density at radius 3 is 2.36 bits per heavy atom. The van der Waals surface area contributed by atoms with Gasteiger partial charge in [-0.3, -0.25) is 0 Å². The quantitative estimate of drug-likeness (QED) is 0.693. The fourth-order valence-corrected chi connectivity index (χ4v) is 0.839. The largest absolute Gasteiger partial charge is 0.490 e. The van der Waals surface area contributed by atoms with Crippen molar-refractivity contribution in [2.45, 2.75) is 12.6 Å². The predicted octanol–water partition coefficient (Wildman–Crippen LogP) is 3.16. The molecule has 0 saturated carbocycles. The molecule has 0 saturated heterocycles. The molecule has 0 N–H and O–H groups in total. The second-order valence-electron chi connectivity index (χ2n) is 2.64. The molecule has 0 fully saturated rings. The maximum Gasteiger partial charge on any atom is 0.392 e. The van der Waals surface area contributed by atoms with Crippen LogP contribution in [-0.4, -0.2) is 12.8 Å². The number of benzene rings is 1. The monoisotopic (exact) mass is 208 g/mol. The topological polar surface area (TPSA) is 9.23 Å². The van der Waals surface area contributed by atoms with Crippen LogP contribution in [0.25, 0.3) is 0 Å². The number of hydrogen-bond donors (Lipinski definition) is 0. The molecule has 0 radical (unpaired) electrons. The van der Waals surface area contributed by atoms with Crippen molar-refractivity contribution in [1.82, 2.24) is 0 Å². The third-order valence-electron chi connectivity index (χ3n) is 1.48. The minimum absolute atomic E-state index is 0.156. The molecule has 0 aliphatic carbocycles. The van der Waals surface area contributed by atoms with Gasteiger partial charge in [0, 0.05) is 0 Å².